The second-order valence-electron chi connectivity index (χ2n) is 6.03. The Kier molecular flexibility index (Phi) is 4.65. The van der Waals surface area contributed by atoms with Crippen molar-refractivity contribution in [2.45, 2.75) is 31.3 Å². The maximum atomic E-state index is 12.0. The number of sulfone groups is 1. The molecule has 1 aromatic rings. The SMILES string of the molecule is O=C(NC1CCN(c2ncccn2)CC1)NC1CCS(=O)(=O)C1. The Morgan fingerprint density at radius 1 is 1.09 bits per heavy atom. The highest BCUT2D eigenvalue weighted by atomic mass is 32.2. The van der Waals surface area contributed by atoms with E-state index in [1.54, 1.807) is 18.5 Å². The number of carbonyl (C=O) groups excluding carboxylic acids is 1. The van der Waals surface area contributed by atoms with Crippen LogP contribution < -0.4 is 15.5 Å². The first-order valence-electron chi connectivity index (χ1n) is 7.81. The van der Waals surface area contributed by atoms with Crippen LogP contribution in [0.2, 0.25) is 0 Å². The van der Waals surface area contributed by atoms with Crippen LogP contribution >= 0.6 is 0 Å². The van der Waals surface area contributed by atoms with Crippen molar-refractivity contribution in [2.75, 3.05) is 29.5 Å². The predicted molar refractivity (Wildman–Crippen MR) is 86.0 cm³/mol. The number of anilines is 1. The van der Waals surface area contributed by atoms with Gasteiger partial charge in [-0.05, 0) is 25.3 Å². The number of urea groups is 1. The van der Waals surface area contributed by atoms with E-state index in [1.807, 2.05) is 0 Å². The van der Waals surface area contributed by atoms with Crippen LogP contribution in [0.3, 0.4) is 0 Å². The number of hydrogen-bond acceptors (Lipinski definition) is 6. The summed E-state index contributed by atoms with van der Waals surface area (Å²) in [6, 6.07) is 1.33. The van der Waals surface area contributed by atoms with Gasteiger partial charge in [-0.2, -0.15) is 0 Å². The molecule has 23 heavy (non-hydrogen) atoms. The fraction of sp³-hybridized carbons (Fsp3) is 0.643. The monoisotopic (exact) mass is 339 g/mol. The van der Waals surface area contributed by atoms with E-state index in [4.69, 9.17) is 0 Å². The average molecular weight is 339 g/mol. The molecular formula is C14H21N5O3S. The lowest BCUT2D eigenvalue weighted by Crippen LogP contribution is -2.50. The highest BCUT2D eigenvalue weighted by Gasteiger charge is 2.29. The molecule has 0 radical (unpaired) electrons. The summed E-state index contributed by atoms with van der Waals surface area (Å²) in [6.45, 7) is 1.57. The molecule has 3 heterocycles. The van der Waals surface area contributed by atoms with Crippen molar-refractivity contribution < 1.29 is 13.2 Å². The van der Waals surface area contributed by atoms with Gasteiger partial charge >= 0.3 is 6.03 Å². The molecule has 3 rings (SSSR count). The van der Waals surface area contributed by atoms with Gasteiger partial charge in [-0.3, -0.25) is 0 Å². The molecule has 8 nitrogen and oxygen atoms in total. The second-order valence-corrected chi connectivity index (χ2v) is 8.26. The topological polar surface area (TPSA) is 104 Å². The Hall–Kier alpha value is -1.90. The first-order valence-corrected chi connectivity index (χ1v) is 9.63. The number of hydrogen-bond donors (Lipinski definition) is 2. The Bertz CT molecular complexity index is 644. The zero-order valence-corrected chi connectivity index (χ0v) is 13.6. The van der Waals surface area contributed by atoms with E-state index in [1.165, 1.54) is 0 Å². The molecule has 2 aliphatic heterocycles. The average Bonchev–Trinajstić information content (AvgIpc) is 2.87. The van der Waals surface area contributed by atoms with Crippen LogP contribution in [0.1, 0.15) is 19.3 Å². The third-order valence-electron chi connectivity index (χ3n) is 4.23. The number of piperidine rings is 1. The van der Waals surface area contributed by atoms with Crippen LogP contribution in [0.4, 0.5) is 10.7 Å². The van der Waals surface area contributed by atoms with Crippen molar-refractivity contribution in [3.05, 3.63) is 18.5 Å². The van der Waals surface area contributed by atoms with Crippen molar-refractivity contribution in [1.82, 2.24) is 20.6 Å². The van der Waals surface area contributed by atoms with Crippen LogP contribution in [0, 0.1) is 0 Å². The number of carbonyl (C=O) groups is 1. The Labute approximate surface area is 135 Å². The molecule has 0 aromatic carbocycles. The third-order valence-corrected chi connectivity index (χ3v) is 6.00. The summed E-state index contributed by atoms with van der Waals surface area (Å²) in [5.74, 6) is 0.920. The van der Waals surface area contributed by atoms with E-state index in [0.29, 0.717) is 12.4 Å². The van der Waals surface area contributed by atoms with Crippen LogP contribution in [-0.4, -0.2) is 61.1 Å². The minimum Gasteiger partial charge on any atom is -0.341 e. The summed E-state index contributed by atoms with van der Waals surface area (Å²) in [5, 5.41) is 5.69. The Balaban J connectivity index is 1.43. The van der Waals surface area contributed by atoms with Gasteiger partial charge in [0, 0.05) is 37.6 Å². The zero-order valence-electron chi connectivity index (χ0n) is 12.8. The van der Waals surface area contributed by atoms with Gasteiger partial charge < -0.3 is 15.5 Å². The van der Waals surface area contributed by atoms with Crippen LogP contribution in [-0.2, 0) is 9.84 Å². The highest BCUT2D eigenvalue weighted by molar-refractivity contribution is 7.91. The maximum absolute atomic E-state index is 12.0. The summed E-state index contributed by atoms with van der Waals surface area (Å²) < 4.78 is 22.8. The highest BCUT2D eigenvalue weighted by Crippen LogP contribution is 2.15. The molecule has 0 spiro atoms. The molecule has 1 aromatic heterocycles. The molecule has 0 saturated carbocycles. The number of amides is 2. The molecule has 1 atom stereocenters. The minimum absolute atomic E-state index is 0.0458. The predicted octanol–water partition coefficient (Wildman–Crippen LogP) is -0.0683. The minimum atomic E-state index is -2.98. The van der Waals surface area contributed by atoms with Gasteiger partial charge in [0.1, 0.15) is 0 Å². The largest absolute Gasteiger partial charge is 0.341 e. The van der Waals surface area contributed by atoms with Crippen LogP contribution in [0.5, 0.6) is 0 Å². The normalized spacial score (nSPS) is 24.3. The lowest BCUT2D eigenvalue weighted by atomic mass is 10.1. The van der Waals surface area contributed by atoms with E-state index < -0.39 is 9.84 Å². The number of rotatable bonds is 3. The standard InChI is InChI=1S/C14H21N5O3S/c20-14(18-12-4-9-23(21,22)10-12)17-11-2-7-19(8-3-11)13-15-5-1-6-16-13/h1,5-6,11-12H,2-4,7-10H2,(H2,17,18,20). The van der Waals surface area contributed by atoms with E-state index in [2.05, 4.69) is 25.5 Å². The van der Waals surface area contributed by atoms with Crippen molar-refractivity contribution in [3.63, 3.8) is 0 Å². The lowest BCUT2D eigenvalue weighted by molar-refractivity contribution is 0.231. The molecule has 2 saturated heterocycles. The first kappa shape index (κ1) is 16.0. The van der Waals surface area contributed by atoms with Gasteiger partial charge in [0.15, 0.2) is 9.84 Å². The van der Waals surface area contributed by atoms with Gasteiger partial charge in [-0.1, -0.05) is 0 Å². The Morgan fingerprint density at radius 2 is 1.74 bits per heavy atom. The van der Waals surface area contributed by atoms with Gasteiger partial charge in [0.05, 0.1) is 11.5 Å². The summed E-state index contributed by atoms with van der Waals surface area (Å²) in [4.78, 5) is 22.5. The first-order chi connectivity index (χ1) is 11.0. The summed E-state index contributed by atoms with van der Waals surface area (Å²) in [6.07, 6.45) is 5.56. The summed E-state index contributed by atoms with van der Waals surface area (Å²) >= 11 is 0. The molecule has 2 N–H and O–H groups in total. The van der Waals surface area contributed by atoms with Crippen molar-refractivity contribution in [3.8, 4) is 0 Å². The molecule has 1 unspecified atom stereocenters. The molecule has 9 heteroatoms. The van der Waals surface area contributed by atoms with Gasteiger partial charge in [0.2, 0.25) is 5.95 Å². The Morgan fingerprint density at radius 3 is 2.35 bits per heavy atom. The van der Waals surface area contributed by atoms with Gasteiger partial charge in [-0.25, -0.2) is 23.2 Å². The molecule has 126 valence electrons. The molecule has 2 amide bonds. The molecule has 2 fully saturated rings. The van der Waals surface area contributed by atoms with E-state index in [9.17, 15) is 13.2 Å². The zero-order chi connectivity index (χ0) is 16.3. The lowest BCUT2D eigenvalue weighted by Gasteiger charge is -2.32. The summed E-state index contributed by atoms with van der Waals surface area (Å²) in [5.41, 5.74) is 0. The number of nitrogens with zero attached hydrogens (tertiary/aromatic N) is 3. The maximum Gasteiger partial charge on any atom is 0.315 e. The number of aromatic nitrogens is 2. The second kappa shape index (κ2) is 6.69. The van der Waals surface area contributed by atoms with Crippen molar-refractivity contribution >= 4 is 21.8 Å². The van der Waals surface area contributed by atoms with Crippen LogP contribution in [0.25, 0.3) is 0 Å². The van der Waals surface area contributed by atoms with Crippen molar-refractivity contribution in [1.29, 1.82) is 0 Å². The molecule has 0 bridgehead atoms. The molecule has 0 aliphatic carbocycles. The quantitative estimate of drug-likeness (QED) is 0.799. The molecule has 2 aliphatic rings. The van der Waals surface area contributed by atoms with E-state index in [-0.39, 0.29) is 29.6 Å². The smallest absolute Gasteiger partial charge is 0.315 e. The van der Waals surface area contributed by atoms with Crippen molar-refractivity contribution in [2.24, 2.45) is 0 Å². The fourth-order valence-electron chi connectivity index (χ4n) is 3.00. The van der Waals surface area contributed by atoms with Crippen LogP contribution in [0.15, 0.2) is 18.5 Å². The molecular weight excluding hydrogens is 318 g/mol. The van der Waals surface area contributed by atoms with E-state index in [0.717, 1.165) is 25.9 Å². The van der Waals surface area contributed by atoms with Gasteiger partial charge in [-0.15, -0.1) is 0 Å². The number of nitrogens with one attached hydrogen (secondary N) is 2. The van der Waals surface area contributed by atoms with Gasteiger partial charge in [0.25, 0.3) is 0 Å². The third kappa shape index (κ3) is 4.31. The van der Waals surface area contributed by atoms with E-state index >= 15 is 0 Å². The fourth-order valence-corrected chi connectivity index (χ4v) is 4.67. The summed E-state index contributed by atoms with van der Waals surface area (Å²) in [7, 11) is -2.98.